The summed E-state index contributed by atoms with van der Waals surface area (Å²) < 4.78 is 22.9. The molecule has 1 aliphatic rings. The lowest BCUT2D eigenvalue weighted by atomic mass is 10.1. The highest BCUT2D eigenvalue weighted by Crippen LogP contribution is 2.12. The van der Waals surface area contributed by atoms with E-state index in [1.54, 1.807) is 21.9 Å². The van der Waals surface area contributed by atoms with Crippen molar-refractivity contribution in [3.05, 3.63) is 29.8 Å². The van der Waals surface area contributed by atoms with Crippen molar-refractivity contribution >= 4 is 21.8 Å². The van der Waals surface area contributed by atoms with Gasteiger partial charge in [0.05, 0.1) is 11.3 Å². The number of hydrogen-bond donors (Lipinski definition) is 1. The van der Waals surface area contributed by atoms with Gasteiger partial charge in [-0.3, -0.25) is 4.79 Å². The second-order valence-corrected chi connectivity index (χ2v) is 8.21. The van der Waals surface area contributed by atoms with Gasteiger partial charge in [-0.05, 0) is 24.1 Å². The minimum absolute atomic E-state index is 0.0132. The van der Waals surface area contributed by atoms with Crippen molar-refractivity contribution in [3.8, 4) is 0 Å². The fraction of sp³-hybridized carbons (Fsp3) is 0.529. The Morgan fingerprint density at radius 3 is 2.12 bits per heavy atom. The van der Waals surface area contributed by atoms with E-state index in [0.717, 1.165) is 18.2 Å². The smallest absolute Gasteiger partial charge is 0.317 e. The summed E-state index contributed by atoms with van der Waals surface area (Å²) in [5.74, 6) is -0.0132. The van der Waals surface area contributed by atoms with Gasteiger partial charge in [0.25, 0.3) is 0 Å². The Morgan fingerprint density at radius 1 is 1.04 bits per heavy atom. The molecule has 0 spiro atoms. The first-order valence-electron chi connectivity index (χ1n) is 8.41. The highest BCUT2D eigenvalue weighted by Gasteiger charge is 2.23. The molecule has 1 heterocycles. The summed E-state index contributed by atoms with van der Waals surface area (Å²) in [7, 11) is -3.23. The van der Waals surface area contributed by atoms with E-state index in [1.165, 1.54) is 12.1 Å². The van der Waals surface area contributed by atoms with E-state index in [-0.39, 0.29) is 23.3 Å². The highest BCUT2D eigenvalue weighted by atomic mass is 32.2. The number of carbonyl (C=O) groups is 2. The van der Waals surface area contributed by atoms with Gasteiger partial charge in [0.1, 0.15) is 0 Å². The fourth-order valence-electron chi connectivity index (χ4n) is 2.64. The van der Waals surface area contributed by atoms with Crippen molar-refractivity contribution in [3.63, 3.8) is 0 Å². The van der Waals surface area contributed by atoms with Crippen molar-refractivity contribution in [2.75, 3.05) is 39.0 Å². The SMILES string of the molecule is CCCNC(=O)N1CCN(C(=O)Cc2ccc(S(C)(=O)=O)cc2)CC1. The molecule has 138 valence electrons. The molecule has 1 aromatic rings. The maximum Gasteiger partial charge on any atom is 0.317 e. The summed E-state index contributed by atoms with van der Waals surface area (Å²) in [5, 5.41) is 2.84. The Kier molecular flexibility index (Phi) is 6.41. The van der Waals surface area contributed by atoms with Crippen molar-refractivity contribution in [2.24, 2.45) is 0 Å². The second kappa shape index (κ2) is 8.33. The molecule has 3 amide bonds. The van der Waals surface area contributed by atoms with E-state index >= 15 is 0 Å². The number of urea groups is 1. The average Bonchev–Trinajstić information content (AvgIpc) is 2.59. The lowest BCUT2D eigenvalue weighted by molar-refractivity contribution is -0.131. The van der Waals surface area contributed by atoms with Crippen LogP contribution in [0.4, 0.5) is 4.79 Å². The van der Waals surface area contributed by atoms with Crippen molar-refractivity contribution in [1.82, 2.24) is 15.1 Å². The molecule has 0 bridgehead atoms. The monoisotopic (exact) mass is 367 g/mol. The number of amides is 3. The van der Waals surface area contributed by atoms with Crippen LogP contribution in [0.1, 0.15) is 18.9 Å². The molecule has 0 atom stereocenters. The van der Waals surface area contributed by atoms with E-state index in [2.05, 4.69) is 5.32 Å². The predicted octanol–water partition coefficient (Wildman–Crippen LogP) is 0.896. The number of benzene rings is 1. The van der Waals surface area contributed by atoms with E-state index in [9.17, 15) is 18.0 Å². The number of sulfone groups is 1. The van der Waals surface area contributed by atoms with Gasteiger partial charge in [0, 0.05) is 39.0 Å². The first-order chi connectivity index (χ1) is 11.8. The van der Waals surface area contributed by atoms with Crippen LogP contribution in [0.25, 0.3) is 0 Å². The Morgan fingerprint density at radius 2 is 1.60 bits per heavy atom. The van der Waals surface area contributed by atoms with Crippen LogP contribution in [0.2, 0.25) is 0 Å². The topological polar surface area (TPSA) is 86.8 Å². The third-order valence-corrected chi connectivity index (χ3v) is 5.28. The molecule has 1 saturated heterocycles. The number of nitrogens with one attached hydrogen (secondary N) is 1. The minimum atomic E-state index is -3.23. The predicted molar refractivity (Wildman–Crippen MR) is 95.1 cm³/mol. The van der Waals surface area contributed by atoms with Gasteiger partial charge in [-0.2, -0.15) is 0 Å². The molecule has 7 nitrogen and oxygen atoms in total. The largest absolute Gasteiger partial charge is 0.339 e. The zero-order chi connectivity index (χ0) is 18.4. The van der Waals surface area contributed by atoms with Gasteiger partial charge >= 0.3 is 6.03 Å². The number of rotatable bonds is 5. The summed E-state index contributed by atoms with van der Waals surface area (Å²) >= 11 is 0. The molecule has 1 N–H and O–H groups in total. The summed E-state index contributed by atoms with van der Waals surface area (Å²) in [6.07, 6.45) is 2.28. The zero-order valence-electron chi connectivity index (χ0n) is 14.7. The number of nitrogens with zero attached hydrogens (tertiary/aromatic N) is 2. The molecular weight excluding hydrogens is 342 g/mol. The van der Waals surface area contributed by atoms with Crippen molar-refractivity contribution in [2.45, 2.75) is 24.7 Å². The van der Waals surface area contributed by atoms with Crippen LogP contribution in [0.15, 0.2) is 29.2 Å². The van der Waals surface area contributed by atoms with Gasteiger partial charge in [0.2, 0.25) is 5.91 Å². The van der Waals surface area contributed by atoms with Gasteiger partial charge in [-0.15, -0.1) is 0 Å². The van der Waals surface area contributed by atoms with Crippen molar-refractivity contribution in [1.29, 1.82) is 0 Å². The van der Waals surface area contributed by atoms with Crippen LogP contribution < -0.4 is 5.32 Å². The third-order valence-electron chi connectivity index (χ3n) is 4.15. The van der Waals surface area contributed by atoms with Gasteiger partial charge in [0.15, 0.2) is 9.84 Å². The van der Waals surface area contributed by atoms with Crippen LogP contribution in [-0.2, 0) is 21.1 Å². The van der Waals surface area contributed by atoms with Crippen LogP contribution in [-0.4, -0.2) is 69.1 Å². The van der Waals surface area contributed by atoms with Crippen LogP contribution >= 0.6 is 0 Å². The number of piperazine rings is 1. The Balaban J connectivity index is 1.85. The molecule has 0 unspecified atom stereocenters. The fourth-order valence-corrected chi connectivity index (χ4v) is 3.27. The van der Waals surface area contributed by atoms with Crippen LogP contribution in [0.3, 0.4) is 0 Å². The Labute approximate surface area is 148 Å². The maximum atomic E-state index is 12.4. The Hall–Kier alpha value is -2.09. The molecule has 0 aromatic heterocycles. The summed E-state index contributed by atoms with van der Waals surface area (Å²) in [4.78, 5) is 28.0. The lowest BCUT2D eigenvalue weighted by Crippen LogP contribution is -2.53. The molecule has 0 aliphatic carbocycles. The minimum Gasteiger partial charge on any atom is -0.339 e. The molecule has 1 aromatic carbocycles. The molecule has 0 saturated carbocycles. The van der Waals surface area contributed by atoms with Crippen LogP contribution in [0, 0.1) is 0 Å². The van der Waals surface area contributed by atoms with E-state index < -0.39 is 9.84 Å². The summed E-state index contributed by atoms with van der Waals surface area (Å²) in [5.41, 5.74) is 0.778. The summed E-state index contributed by atoms with van der Waals surface area (Å²) in [6.45, 7) is 4.73. The lowest BCUT2D eigenvalue weighted by Gasteiger charge is -2.34. The van der Waals surface area contributed by atoms with Gasteiger partial charge in [-0.1, -0.05) is 19.1 Å². The first-order valence-corrected chi connectivity index (χ1v) is 10.3. The highest BCUT2D eigenvalue weighted by molar-refractivity contribution is 7.90. The molecule has 8 heteroatoms. The maximum absolute atomic E-state index is 12.4. The average molecular weight is 367 g/mol. The Bertz CT molecular complexity index is 708. The van der Waals surface area contributed by atoms with Crippen molar-refractivity contribution < 1.29 is 18.0 Å². The molecule has 1 fully saturated rings. The number of hydrogen-bond acceptors (Lipinski definition) is 4. The van der Waals surface area contributed by atoms with Crippen LogP contribution in [0.5, 0.6) is 0 Å². The summed E-state index contributed by atoms with van der Waals surface area (Å²) in [6, 6.07) is 6.30. The molecule has 0 radical (unpaired) electrons. The molecule has 25 heavy (non-hydrogen) atoms. The number of carbonyl (C=O) groups excluding carboxylic acids is 2. The second-order valence-electron chi connectivity index (χ2n) is 6.19. The van der Waals surface area contributed by atoms with Gasteiger partial charge < -0.3 is 15.1 Å². The normalized spacial score (nSPS) is 15.1. The van der Waals surface area contributed by atoms with E-state index in [1.807, 2.05) is 6.92 Å². The molecule has 1 aliphatic heterocycles. The van der Waals surface area contributed by atoms with E-state index in [0.29, 0.717) is 32.7 Å². The van der Waals surface area contributed by atoms with E-state index in [4.69, 9.17) is 0 Å². The molecule has 2 rings (SSSR count). The quantitative estimate of drug-likeness (QED) is 0.838. The first kappa shape index (κ1) is 19.2. The zero-order valence-corrected chi connectivity index (χ0v) is 15.5. The molecular formula is C17H25N3O4S. The third kappa shape index (κ3) is 5.45. The standard InChI is InChI=1S/C17H25N3O4S/c1-3-8-18-17(22)20-11-9-19(10-12-20)16(21)13-14-4-6-15(7-5-14)25(2,23)24/h4-7H,3,8-13H2,1-2H3,(H,18,22). The van der Waals surface area contributed by atoms with Gasteiger partial charge in [-0.25, -0.2) is 13.2 Å².